The molecule has 3 aromatic rings. The Morgan fingerprint density at radius 3 is 2.57 bits per heavy atom. The molecular weight excluding hydrogens is 384 g/mol. The monoisotopic (exact) mass is 402 g/mol. The maximum atomic E-state index is 12.8. The highest BCUT2D eigenvalue weighted by Crippen LogP contribution is 2.24. The Hall–Kier alpha value is -3.15. The largest absolute Gasteiger partial charge is 0.339 e. The lowest BCUT2D eigenvalue weighted by Gasteiger charge is -2.31. The first-order valence-corrected chi connectivity index (χ1v) is 10.2. The number of nitrogens with zero attached hydrogens (tertiary/aromatic N) is 8. The first-order chi connectivity index (χ1) is 13.5. The molecule has 1 aromatic carbocycles. The van der Waals surface area contributed by atoms with Crippen molar-refractivity contribution >= 4 is 15.7 Å². The van der Waals surface area contributed by atoms with Crippen LogP contribution in [0.4, 0.5) is 0 Å². The highest BCUT2D eigenvalue weighted by molar-refractivity contribution is 7.91. The average Bonchev–Trinajstić information content (AvgIpc) is 3.40. The Kier molecular flexibility index (Phi) is 4.63. The minimum atomic E-state index is -3.57. The van der Waals surface area contributed by atoms with Crippen molar-refractivity contribution < 1.29 is 13.2 Å². The van der Waals surface area contributed by atoms with Crippen LogP contribution in [0, 0.1) is 0 Å². The van der Waals surface area contributed by atoms with E-state index in [0.29, 0.717) is 37.2 Å². The van der Waals surface area contributed by atoms with Crippen molar-refractivity contribution in [2.24, 2.45) is 7.05 Å². The van der Waals surface area contributed by atoms with Gasteiger partial charge in [0.05, 0.1) is 10.9 Å². The van der Waals surface area contributed by atoms with Crippen molar-refractivity contribution in [2.45, 2.75) is 23.2 Å². The number of likely N-dealkylation sites (tertiary alicyclic amines) is 1. The van der Waals surface area contributed by atoms with Crippen LogP contribution in [0.1, 0.15) is 23.2 Å². The molecule has 2 aromatic heterocycles. The average molecular weight is 402 g/mol. The van der Waals surface area contributed by atoms with Gasteiger partial charge in [0.15, 0.2) is 0 Å². The van der Waals surface area contributed by atoms with Crippen molar-refractivity contribution in [2.75, 3.05) is 13.1 Å². The lowest BCUT2D eigenvalue weighted by Crippen LogP contribution is -2.42. The van der Waals surface area contributed by atoms with E-state index < -0.39 is 15.1 Å². The van der Waals surface area contributed by atoms with Gasteiger partial charge in [-0.25, -0.2) is 13.1 Å². The topological polar surface area (TPSA) is 129 Å². The SMILES string of the molecule is Cn1cnnc1S(=O)(=O)C1CCN(C(=O)c2cccc(-n3cnnn3)c2)CC1. The van der Waals surface area contributed by atoms with Gasteiger partial charge in [-0.15, -0.1) is 15.3 Å². The van der Waals surface area contributed by atoms with Crippen LogP contribution in [-0.4, -0.2) is 72.5 Å². The summed E-state index contributed by atoms with van der Waals surface area (Å²) in [6.07, 6.45) is 3.52. The van der Waals surface area contributed by atoms with E-state index in [2.05, 4.69) is 25.7 Å². The number of carbonyl (C=O) groups is 1. The van der Waals surface area contributed by atoms with Crippen molar-refractivity contribution in [1.29, 1.82) is 0 Å². The first kappa shape index (κ1) is 18.2. The van der Waals surface area contributed by atoms with Crippen LogP contribution in [0.25, 0.3) is 5.69 Å². The molecule has 0 bridgehead atoms. The second kappa shape index (κ2) is 7.11. The minimum Gasteiger partial charge on any atom is -0.339 e. The molecule has 1 aliphatic heterocycles. The smallest absolute Gasteiger partial charge is 0.253 e. The molecule has 11 nitrogen and oxygen atoms in total. The summed E-state index contributed by atoms with van der Waals surface area (Å²) in [7, 11) is -1.97. The zero-order chi connectivity index (χ0) is 19.7. The van der Waals surface area contributed by atoms with E-state index in [1.54, 1.807) is 36.2 Å². The number of benzene rings is 1. The van der Waals surface area contributed by atoms with Crippen LogP contribution < -0.4 is 0 Å². The number of hydrogen-bond donors (Lipinski definition) is 0. The quantitative estimate of drug-likeness (QED) is 0.590. The van der Waals surface area contributed by atoms with Crippen LogP contribution in [0.5, 0.6) is 0 Å². The molecule has 0 radical (unpaired) electrons. The van der Waals surface area contributed by atoms with Gasteiger partial charge in [0.25, 0.3) is 5.91 Å². The molecule has 1 fully saturated rings. The number of piperidine rings is 1. The third-order valence-electron chi connectivity index (χ3n) is 4.80. The molecule has 1 aliphatic rings. The molecule has 1 saturated heterocycles. The summed E-state index contributed by atoms with van der Waals surface area (Å²) in [6, 6.07) is 6.99. The lowest BCUT2D eigenvalue weighted by atomic mass is 10.1. The maximum absolute atomic E-state index is 12.8. The second-order valence-electron chi connectivity index (χ2n) is 6.57. The summed E-state index contributed by atoms with van der Waals surface area (Å²) in [5.41, 5.74) is 1.18. The molecule has 0 unspecified atom stereocenters. The lowest BCUT2D eigenvalue weighted by molar-refractivity contribution is 0.0725. The molecule has 4 rings (SSSR count). The Morgan fingerprint density at radius 1 is 1.14 bits per heavy atom. The number of aryl methyl sites for hydroxylation is 1. The summed E-state index contributed by atoms with van der Waals surface area (Å²) in [4.78, 5) is 14.5. The molecule has 0 spiro atoms. The summed E-state index contributed by atoms with van der Waals surface area (Å²) >= 11 is 0. The number of sulfone groups is 1. The first-order valence-electron chi connectivity index (χ1n) is 8.67. The van der Waals surface area contributed by atoms with E-state index in [1.165, 1.54) is 21.9 Å². The summed E-state index contributed by atoms with van der Waals surface area (Å²) in [5.74, 6) is -0.149. The molecule has 0 saturated carbocycles. The molecule has 3 heterocycles. The number of carbonyl (C=O) groups excluding carboxylic acids is 1. The molecule has 0 atom stereocenters. The Balaban J connectivity index is 1.46. The number of tetrazole rings is 1. The fourth-order valence-corrected chi connectivity index (χ4v) is 5.03. The van der Waals surface area contributed by atoms with E-state index in [1.807, 2.05) is 0 Å². The Labute approximate surface area is 160 Å². The summed E-state index contributed by atoms with van der Waals surface area (Å²) in [5, 5.41) is 17.8. The second-order valence-corrected chi connectivity index (χ2v) is 8.69. The fourth-order valence-electron chi connectivity index (χ4n) is 3.29. The number of amides is 1. The van der Waals surface area contributed by atoms with Crippen molar-refractivity contribution in [3.05, 3.63) is 42.5 Å². The highest BCUT2D eigenvalue weighted by atomic mass is 32.2. The van der Waals surface area contributed by atoms with Crippen molar-refractivity contribution in [1.82, 2.24) is 39.9 Å². The predicted molar refractivity (Wildman–Crippen MR) is 96.3 cm³/mol. The molecular formula is C16H18N8O3S. The van der Waals surface area contributed by atoms with E-state index in [9.17, 15) is 13.2 Å². The zero-order valence-corrected chi connectivity index (χ0v) is 15.9. The van der Waals surface area contributed by atoms with Crippen molar-refractivity contribution in [3.8, 4) is 5.69 Å². The van der Waals surface area contributed by atoms with Crippen LogP contribution in [0.15, 0.2) is 42.1 Å². The van der Waals surface area contributed by atoms with Crippen LogP contribution in [-0.2, 0) is 16.9 Å². The van der Waals surface area contributed by atoms with Gasteiger partial charge in [-0.05, 0) is 41.5 Å². The molecule has 0 N–H and O–H groups in total. The maximum Gasteiger partial charge on any atom is 0.253 e. The van der Waals surface area contributed by atoms with E-state index in [-0.39, 0.29) is 11.1 Å². The third-order valence-corrected chi connectivity index (χ3v) is 7.03. The van der Waals surface area contributed by atoms with E-state index in [0.717, 1.165) is 0 Å². The molecule has 28 heavy (non-hydrogen) atoms. The molecule has 12 heteroatoms. The number of aromatic nitrogens is 7. The van der Waals surface area contributed by atoms with E-state index >= 15 is 0 Å². The van der Waals surface area contributed by atoms with Crippen LogP contribution >= 0.6 is 0 Å². The normalized spacial score (nSPS) is 15.7. The van der Waals surface area contributed by atoms with Crippen LogP contribution in [0.3, 0.4) is 0 Å². The molecule has 1 amide bonds. The van der Waals surface area contributed by atoms with Crippen LogP contribution in [0.2, 0.25) is 0 Å². The van der Waals surface area contributed by atoms with Gasteiger partial charge in [0, 0.05) is 25.7 Å². The van der Waals surface area contributed by atoms with Gasteiger partial charge in [0.1, 0.15) is 12.7 Å². The van der Waals surface area contributed by atoms with Gasteiger partial charge in [0.2, 0.25) is 15.0 Å². The standard InChI is InChI=1S/C16H18N8O3S/c1-22-10-17-19-16(22)28(26,27)14-5-7-23(8-6-14)15(25)12-3-2-4-13(9-12)24-11-18-20-21-24/h2-4,9-11,14H,5-8H2,1H3. The zero-order valence-electron chi connectivity index (χ0n) is 15.1. The summed E-state index contributed by atoms with van der Waals surface area (Å²) in [6.45, 7) is 0.714. The number of rotatable bonds is 4. The van der Waals surface area contributed by atoms with Gasteiger partial charge in [-0.2, -0.15) is 0 Å². The molecule has 0 aliphatic carbocycles. The van der Waals surface area contributed by atoms with Crippen molar-refractivity contribution in [3.63, 3.8) is 0 Å². The Bertz CT molecular complexity index is 1080. The fraction of sp³-hybridized carbons (Fsp3) is 0.375. The van der Waals surface area contributed by atoms with Gasteiger partial charge < -0.3 is 9.47 Å². The summed E-state index contributed by atoms with van der Waals surface area (Å²) < 4.78 is 28.4. The minimum absolute atomic E-state index is 0.0357. The highest BCUT2D eigenvalue weighted by Gasteiger charge is 2.35. The van der Waals surface area contributed by atoms with Gasteiger partial charge in [-0.1, -0.05) is 6.07 Å². The predicted octanol–water partition coefficient (Wildman–Crippen LogP) is -0.131. The molecule has 146 valence electrons. The third kappa shape index (κ3) is 3.26. The van der Waals surface area contributed by atoms with E-state index in [4.69, 9.17) is 0 Å². The van der Waals surface area contributed by atoms with Gasteiger partial charge in [-0.3, -0.25) is 4.79 Å². The van der Waals surface area contributed by atoms with Gasteiger partial charge >= 0.3 is 0 Å². The Morgan fingerprint density at radius 2 is 1.93 bits per heavy atom. The number of hydrogen-bond acceptors (Lipinski definition) is 8.